The number of methoxy groups -OCH3 is 1. The first-order valence-corrected chi connectivity index (χ1v) is 8.81. The van der Waals surface area contributed by atoms with Gasteiger partial charge in [0, 0.05) is 24.8 Å². The van der Waals surface area contributed by atoms with Gasteiger partial charge in [0.2, 0.25) is 0 Å². The molecule has 0 saturated heterocycles. The van der Waals surface area contributed by atoms with E-state index in [0.29, 0.717) is 12.2 Å². The van der Waals surface area contributed by atoms with Gasteiger partial charge in [0.1, 0.15) is 13.2 Å². The Bertz CT molecular complexity index is 896. The van der Waals surface area contributed by atoms with Gasteiger partial charge in [0.25, 0.3) is 5.91 Å². The van der Waals surface area contributed by atoms with Crippen LogP contribution in [0.5, 0.6) is 0 Å². The molecule has 0 saturated carbocycles. The van der Waals surface area contributed by atoms with Crippen molar-refractivity contribution >= 4 is 11.8 Å². The molecule has 2 rings (SSSR count). The van der Waals surface area contributed by atoms with Crippen molar-refractivity contribution in [3.8, 4) is 11.8 Å². The second-order valence-electron chi connectivity index (χ2n) is 5.81. The zero-order valence-electron chi connectivity index (χ0n) is 16.0. The molecule has 29 heavy (non-hydrogen) atoms. The Morgan fingerprint density at radius 3 is 2.48 bits per heavy atom. The molecule has 0 spiro atoms. The maximum absolute atomic E-state index is 12.2. The summed E-state index contributed by atoms with van der Waals surface area (Å²) in [5.41, 5.74) is 3.62. The molecule has 0 aliphatic carbocycles. The van der Waals surface area contributed by atoms with E-state index in [1.807, 2.05) is 30.3 Å². The summed E-state index contributed by atoms with van der Waals surface area (Å²) in [7, 11) is 1.57. The molecule has 7 nitrogen and oxygen atoms in total. The highest BCUT2D eigenvalue weighted by Crippen LogP contribution is 2.07. The normalized spacial score (nSPS) is 10.5. The van der Waals surface area contributed by atoms with Crippen molar-refractivity contribution in [2.75, 3.05) is 20.3 Å². The number of benzene rings is 2. The molecule has 2 aromatic carbocycles. The maximum Gasteiger partial charge on any atom is 0.309 e. The molecule has 7 heteroatoms. The number of hydroxylamine groups is 1. The van der Waals surface area contributed by atoms with E-state index in [1.54, 1.807) is 31.4 Å². The first kappa shape index (κ1) is 21.7. The Morgan fingerprint density at radius 1 is 1.10 bits per heavy atom. The lowest BCUT2D eigenvalue weighted by molar-refractivity contribution is -0.129. The largest absolute Gasteiger partial charge is 0.483 e. The highest BCUT2D eigenvalue weighted by molar-refractivity contribution is 5.94. The summed E-state index contributed by atoms with van der Waals surface area (Å²) >= 11 is 0. The van der Waals surface area contributed by atoms with E-state index < -0.39 is 5.91 Å². The molecule has 0 aliphatic heterocycles. The fraction of sp³-hybridized carbons (Fsp3) is 0.182. The van der Waals surface area contributed by atoms with Gasteiger partial charge in [0.05, 0.1) is 0 Å². The van der Waals surface area contributed by atoms with E-state index in [-0.39, 0.29) is 24.8 Å². The summed E-state index contributed by atoms with van der Waals surface area (Å²) < 4.78 is 10.3. The zero-order valence-corrected chi connectivity index (χ0v) is 16.0. The molecule has 2 aromatic rings. The van der Waals surface area contributed by atoms with Crippen LogP contribution in [0.2, 0.25) is 0 Å². The first-order chi connectivity index (χ1) is 14.1. The fourth-order valence-corrected chi connectivity index (χ4v) is 2.26. The van der Waals surface area contributed by atoms with Crippen molar-refractivity contribution in [2.24, 2.45) is 0 Å². The number of rotatable bonds is 8. The lowest BCUT2D eigenvalue weighted by atomic mass is 10.1. The molecule has 0 radical (unpaired) electrons. The number of hydrogen-bond acceptors (Lipinski definition) is 5. The number of ether oxygens (including phenoxy) is 2. The van der Waals surface area contributed by atoms with Gasteiger partial charge in [-0.15, -0.1) is 0 Å². The van der Waals surface area contributed by atoms with Crippen molar-refractivity contribution in [1.82, 2.24) is 10.8 Å². The molecule has 0 fully saturated rings. The van der Waals surface area contributed by atoms with Crippen LogP contribution in [0.15, 0.2) is 66.4 Å². The Labute approximate surface area is 169 Å². The Balaban J connectivity index is 1.92. The van der Waals surface area contributed by atoms with Crippen molar-refractivity contribution in [3.63, 3.8) is 0 Å². The van der Waals surface area contributed by atoms with Crippen LogP contribution in [0.4, 0.5) is 0 Å². The second kappa shape index (κ2) is 12.0. The molecular weight excluding hydrogens is 372 g/mol. The molecule has 0 heterocycles. The van der Waals surface area contributed by atoms with Crippen LogP contribution in [0.1, 0.15) is 21.5 Å². The summed E-state index contributed by atoms with van der Waals surface area (Å²) in [6, 6.07) is 16.0. The quantitative estimate of drug-likeness (QED) is 0.209. The van der Waals surface area contributed by atoms with Gasteiger partial charge in [0.15, 0.2) is 5.76 Å². The topological polar surface area (TPSA) is 96.9 Å². The fourth-order valence-electron chi connectivity index (χ4n) is 2.26. The summed E-state index contributed by atoms with van der Waals surface area (Å²) in [5.74, 6) is 4.54. The Morgan fingerprint density at radius 2 is 1.83 bits per heavy atom. The van der Waals surface area contributed by atoms with Crippen molar-refractivity contribution < 1.29 is 24.3 Å². The van der Waals surface area contributed by atoms with Crippen LogP contribution in [0.3, 0.4) is 0 Å². The molecule has 0 bridgehead atoms. The van der Waals surface area contributed by atoms with Gasteiger partial charge in [-0.2, -0.15) is 0 Å². The van der Waals surface area contributed by atoms with Gasteiger partial charge in [-0.1, -0.05) is 42.2 Å². The molecule has 3 N–H and O–H groups in total. The molecular formula is C22H22N2O5. The van der Waals surface area contributed by atoms with E-state index in [0.717, 1.165) is 11.1 Å². The van der Waals surface area contributed by atoms with E-state index in [2.05, 4.69) is 17.2 Å². The lowest BCUT2D eigenvalue weighted by Crippen LogP contribution is -2.26. The molecule has 2 amide bonds. The second-order valence-corrected chi connectivity index (χ2v) is 5.81. The number of hydrogen-bond donors (Lipinski definition) is 3. The molecule has 0 aliphatic rings. The molecule has 0 atom stereocenters. The SMILES string of the molecule is COCC#Cc1ccc(C(=O)NCC=C(OCc2ccccc2)C(=O)NO)cc1. The minimum atomic E-state index is -0.797. The smallest absolute Gasteiger partial charge is 0.309 e. The van der Waals surface area contributed by atoms with E-state index in [9.17, 15) is 9.59 Å². The first-order valence-electron chi connectivity index (χ1n) is 8.81. The summed E-state index contributed by atoms with van der Waals surface area (Å²) in [5, 5.41) is 11.5. The number of nitrogens with one attached hydrogen (secondary N) is 2. The van der Waals surface area contributed by atoms with Crippen LogP contribution in [0.25, 0.3) is 0 Å². The van der Waals surface area contributed by atoms with Gasteiger partial charge in [-0.3, -0.25) is 14.8 Å². The standard InChI is InChI=1S/C22H22N2O5/c1-28-15-5-8-17-9-11-19(12-10-17)21(25)23-14-13-20(22(26)24-27)29-16-18-6-3-2-4-7-18/h2-4,6-7,9-13,27H,14-16H2,1H3,(H,23,25)(H,24,26). The van der Waals surface area contributed by atoms with E-state index in [4.69, 9.17) is 14.7 Å². The lowest BCUT2D eigenvalue weighted by Gasteiger charge is -2.09. The average Bonchev–Trinajstić information content (AvgIpc) is 2.76. The number of carbonyl (C=O) groups is 2. The van der Waals surface area contributed by atoms with Crippen LogP contribution >= 0.6 is 0 Å². The molecule has 150 valence electrons. The number of amides is 2. The highest BCUT2D eigenvalue weighted by Gasteiger charge is 2.11. The monoisotopic (exact) mass is 394 g/mol. The van der Waals surface area contributed by atoms with Crippen LogP contribution < -0.4 is 10.8 Å². The van der Waals surface area contributed by atoms with Gasteiger partial charge in [-0.05, 0) is 35.9 Å². The number of carbonyl (C=O) groups excluding carboxylic acids is 2. The Kier molecular flexibility index (Phi) is 8.96. The van der Waals surface area contributed by atoms with Crippen LogP contribution in [-0.2, 0) is 20.9 Å². The molecule has 0 aromatic heterocycles. The van der Waals surface area contributed by atoms with Gasteiger partial charge in [-0.25, -0.2) is 5.48 Å². The summed E-state index contributed by atoms with van der Waals surface area (Å²) in [6.45, 7) is 0.538. The van der Waals surface area contributed by atoms with E-state index in [1.165, 1.54) is 11.6 Å². The third kappa shape index (κ3) is 7.50. The third-order valence-corrected chi connectivity index (χ3v) is 3.71. The Hall–Kier alpha value is -3.60. The predicted octanol–water partition coefficient (Wildman–Crippen LogP) is 2.02. The average molecular weight is 394 g/mol. The summed E-state index contributed by atoms with van der Waals surface area (Å²) in [6.07, 6.45) is 1.39. The van der Waals surface area contributed by atoms with Gasteiger partial charge < -0.3 is 14.8 Å². The molecule has 0 unspecified atom stereocenters. The zero-order chi connectivity index (χ0) is 20.9. The van der Waals surface area contributed by atoms with Crippen molar-refractivity contribution in [3.05, 3.63) is 83.1 Å². The van der Waals surface area contributed by atoms with Gasteiger partial charge >= 0.3 is 5.91 Å². The van der Waals surface area contributed by atoms with Crippen molar-refractivity contribution in [2.45, 2.75) is 6.61 Å². The summed E-state index contributed by atoms with van der Waals surface area (Å²) in [4.78, 5) is 24.0. The minimum Gasteiger partial charge on any atom is -0.483 e. The van der Waals surface area contributed by atoms with E-state index >= 15 is 0 Å². The van der Waals surface area contributed by atoms with Crippen LogP contribution in [0, 0.1) is 11.8 Å². The highest BCUT2D eigenvalue weighted by atomic mass is 16.5. The van der Waals surface area contributed by atoms with Crippen molar-refractivity contribution in [1.29, 1.82) is 0 Å². The minimum absolute atomic E-state index is 0.0474. The maximum atomic E-state index is 12.2. The predicted molar refractivity (Wildman–Crippen MR) is 107 cm³/mol. The third-order valence-electron chi connectivity index (χ3n) is 3.71. The van der Waals surface area contributed by atoms with Crippen LogP contribution in [-0.4, -0.2) is 37.3 Å².